The molecule has 1 atom stereocenters. The van der Waals surface area contributed by atoms with Gasteiger partial charge in [0.15, 0.2) is 10.9 Å². The number of carbonyl (C=O) groups excluding carboxylic acids is 1. The number of esters is 1. The SMILES string of the molecule is COC(=O)[C@@H](C)Sc1nnc(-c2ccco2)n1-c1cc(Cl)ccc1C. The van der Waals surface area contributed by atoms with Crippen LogP contribution in [-0.4, -0.2) is 33.1 Å². The van der Waals surface area contributed by atoms with E-state index in [0.717, 1.165) is 11.3 Å². The van der Waals surface area contributed by atoms with E-state index in [1.165, 1.54) is 18.9 Å². The van der Waals surface area contributed by atoms with E-state index in [0.29, 0.717) is 21.8 Å². The van der Waals surface area contributed by atoms with Gasteiger partial charge in [-0.15, -0.1) is 10.2 Å². The largest absolute Gasteiger partial charge is 0.468 e. The Labute approximate surface area is 154 Å². The minimum atomic E-state index is -0.433. The second-order valence-electron chi connectivity index (χ2n) is 5.33. The highest BCUT2D eigenvalue weighted by Crippen LogP contribution is 2.32. The third kappa shape index (κ3) is 3.57. The van der Waals surface area contributed by atoms with Gasteiger partial charge in [-0.2, -0.15) is 0 Å². The third-order valence-corrected chi connectivity index (χ3v) is 4.86. The van der Waals surface area contributed by atoms with Crippen LogP contribution >= 0.6 is 23.4 Å². The molecule has 0 radical (unpaired) electrons. The number of methoxy groups -OCH3 is 1. The summed E-state index contributed by atoms with van der Waals surface area (Å²) in [6.45, 7) is 3.72. The maximum atomic E-state index is 11.8. The fourth-order valence-electron chi connectivity index (χ4n) is 2.32. The lowest BCUT2D eigenvalue weighted by molar-refractivity contribution is -0.139. The lowest BCUT2D eigenvalue weighted by atomic mass is 10.2. The van der Waals surface area contributed by atoms with E-state index >= 15 is 0 Å². The highest BCUT2D eigenvalue weighted by atomic mass is 35.5. The molecule has 2 heterocycles. The Hall–Kier alpha value is -2.25. The van der Waals surface area contributed by atoms with Crippen LogP contribution in [0.3, 0.4) is 0 Å². The lowest BCUT2D eigenvalue weighted by Crippen LogP contribution is -2.15. The third-order valence-electron chi connectivity index (χ3n) is 3.60. The molecule has 0 spiro atoms. The number of rotatable bonds is 5. The molecule has 0 unspecified atom stereocenters. The van der Waals surface area contributed by atoms with Gasteiger partial charge in [0.2, 0.25) is 5.82 Å². The predicted molar refractivity (Wildman–Crippen MR) is 96.1 cm³/mol. The molecule has 0 saturated carbocycles. The van der Waals surface area contributed by atoms with Crippen molar-refractivity contribution in [3.05, 3.63) is 47.2 Å². The Morgan fingerprint density at radius 1 is 1.36 bits per heavy atom. The highest BCUT2D eigenvalue weighted by molar-refractivity contribution is 8.00. The first kappa shape index (κ1) is 17.6. The second-order valence-corrected chi connectivity index (χ2v) is 7.08. The Balaban J connectivity index is 2.14. The van der Waals surface area contributed by atoms with Crippen molar-refractivity contribution in [3.8, 4) is 17.3 Å². The van der Waals surface area contributed by atoms with Gasteiger partial charge in [-0.1, -0.05) is 29.4 Å². The van der Waals surface area contributed by atoms with Crippen molar-refractivity contribution in [1.82, 2.24) is 14.8 Å². The quantitative estimate of drug-likeness (QED) is 0.491. The molecule has 25 heavy (non-hydrogen) atoms. The van der Waals surface area contributed by atoms with Gasteiger partial charge in [0, 0.05) is 5.02 Å². The zero-order valence-corrected chi connectivity index (χ0v) is 15.5. The molecule has 1 aromatic carbocycles. The van der Waals surface area contributed by atoms with Crippen molar-refractivity contribution in [2.45, 2.75) is 24.3 Å². The molecule has 0 saturated heterocycles. The number of carbonyl (C=O) groups is 1. The van der Waals surface area contributed by atoms with Crippen molar-refractivity contribution in [2.75, 3.05) is 7.11 Å². The van der Waals surface area contributed by atoms with Crippen molar-refractivity contribution in [2.24, 2.45) is 0 Å². The van der Waals surface area contributed by atoms with Gasteiger partial charge in [0.1, 0.15) is 5.25 Å². The van der Waals surface area contributed by atoms with E-state index in [1.54, 1.807) is 25.3 Å². The molecule has 0 aliphatic rings. The zero-order chi connectivity index (χ0) is 18.0. The molecule has 130 valence electrons. The van der Waals surface area contributed by atoms with E-state index in [1.807, 2.05) is 29.7 Å². The van der Waals surface area contributed by atoms with Gasteiger partial charge < -0.3 is 9.15 Å². The minimum absolute atomic E-state index is 0.332. The maximum Gasteiger partial charge on any atom is 0.318 e. The van der Waals surface area contributed by atoms with Crippen molar-refractivity contribution in [3.63, 3.8) is 0 Å². The molecule has 3 aromatic rings. The highest BCUT2D eigenvalue weighted by Gasteiger charge is 2.24. The van der Waals surface area contributed by atoms with Crippen molar-refractivity contribution < 1.29 is 13.9 Å². The van der Waals surface area contributed by atoms with Crippen LogP contribution in [0.4, 0.5) is 0 Å². The molecule has 6 nitrogen and oxygen atoms in total. The molecule has 0 aliphatic carbocycles. The molecular weight excluding hydrogens is 362 g/mol. The average Bonchev–Trinajstić information content (AvgIpc) is 3.25. The Morgan fingerprint density at radius 2 is 2.16 bits per heavy atom. The van der Waals surface area contributed by atoms with Crippen molar-refractivity contribution >= 4 is 29.3 Å². The number of aromatic nitrogens is 3. The van der Waals surface area contributed by atoms with E-state index in [-0.39, 0.29) is 5.97 Å². The Kier molecular flexibility index (Phi) is 5.15. The molecule has 0 aliphatic heterocycles. The van der Waals surface area contributed by atoms with E-state index in [2.05, 4.69) is 10.2 Å². The van der Waals surface area contributed by atoms with Crippen LogP contribution in [-0.2, 0) is 9.53 Å². The van der Waals surface area contributed by atoms with Gasteiger partial charge in [0.25, 0.3) is 0 Å². The second kappa shape index (κ2) is 7.33. The monoisotopic (exact) mass is 377 g/mol. The van der Waals surface area contributed by atoms with Crippen LogP contribution in [0.1, 0.15) is 12.5 Å². The summed E-state index contributed by atoms with van der Waals surface area (Å²) in [5, 5.41) is 9.20. The number of ether oxygens (including phenoxy) is 1. The van der Waals surface area contributed by atoms with Gasteiger partial charge in [-0.3, -0.25) is 9.36 Å². The first-order valence-corrected chi connectivity index (χ1v) is 8.77. The smallest absolute Gasteiger partial charge is 0.318 e. The zero-order valence-electron chi connectivity index (χ0n) is 13.9. The standard InChI is InChI=1S/C17H16ClN3O3S/c1-10-6-7-12(18)9-13(10)21-15(14-5-4-8-24-14)19-20-17(21)25-11(2)16(22)23-3/h4-9,11H,1-3H3/t11-/m1/s1. The summed E-state index contributed by atoms with van der Waals surface area (Å²) < 4.78 is 12.1. The van der Waals surface area contributed by atoms with Crippen LogP contribution < -0.4 is 0 Å². The number of aryl methyl sites for hydroxylation is 1. The summed E-state index contributed by atoms with van der Waals surface area (Å²) in [5.41, 5.74) is 1.81. The Bertz CT molecular complexity index is 893. The lowest BCUT2D eigenvalue weighted by Gasteiger charge is -2.14. The van der Waals surface area contributed by atoms with Crippen LogP contribution in [0.15, 0.2) is 46.2 Å². The molecule has 0 fully saturated rings. The van der Waals surface area contributed by atoms with Crippen molar-refractivity contribution in [1.29, 1.82) is 0 Å². The van der Waals surface area contributed by atoms with Gasteiger partial charge >= 0.3 is 5.97 Å². The fraction of sp³-hybridized carbons (Fsp3) is 0.235. The first-order chi connectivity index (χ1) is 12.0. The maximum absolute atomic E-state index is 11.8. The molecule has 3 rings (SSSR count). The summed E-state index contributed by atoms with van der Waals surface area (Å²) in [7, 11) is 1.36. The van der Waals surface area contributed by atoms with Crippen LogP contribution in [0, 0.1) is 6.92 Å². The van der Waals surface area contributed by atoms with E-state index in [4.69, 9.17) is 20.8 Å². The molecule has 0 amide bonds. The van der Waals surface area contributed by atoms with Crippen LogP contribution in [0.25, 0.3) is 17.3 Å². The summed E-state index contributed by atoms with van der Waals surface area (Å²) in [6.07, 6.45) is 1.57. The Morgan fingerprint density at radius 3 is 2.84 bits per heavy atom. The number of nitrogens with zero attached hydrogens (tertiary/aromatic N) is 3. The molecular formula is C17H16ClN3O3S. The van der Waals surface area contributed by atoms with Crippen LogP contribution in [0.5, 0.6) is 0 Å². The van der Waals surface area contributed by atoms with Gasteiger partial charge in [-0.05, 0) is 43.7 Å². The average molecular weight is 378 g/mol. The summed E-state index contributed by atoms with van der Waals surface area (Å²) >= 11 is 7.44. The number of benzene rings is 1. The summed E-state index contributed by atoms with van der Waals surface area (Å²) in [5.74, 6) is 0.779. The molecule has 0 N–H and O–H groups in total. The first-order valence-electron chi connectivity index (χ1n) is 7.51. The number of hydrogen-bond donors (Lipinski definition) is 0. The van der Waals surface area contributed by atoms with E-state index in [9.17, 15) is 4.79 Å². The molecule has 2 aromatic heterocycles. The molecule has 0 bridgehead atoms. The topological polar surface area (TPSA) is 70.2 Å². The fourth-order valence-corrected chi connectivity index (χ4v) is 3.38. The molecule has 8 heteroatoms. The predicted octanol–water partition coefficient (Wildman–Crippen LogP) is 4.14. The van der Waals surface area contributed by atoms with Gasteiger partial charge in [0.05, 0.1) is 19.1 Å². The summed E-state index contributed by atoms with van der Waals surface area (Å²) in [6, 6.07) is 9.16. The number of hydrogen-bond acceptors (Lipinski definition) is 6. The normalized spacial score (nSPS) is 12.2. The number of furan rings is 1. The van der Waals surface area contributed by atoms with Crippen LogP contribution in [0.2, 0.25) is 5.02 Å². The summed E-state index contributed by atoms with van der Waals surface area (Å²) in [4.78, 5) is 11.8. The minimum Gasteiger partial charge on any atom is -0.468 e. The van der Waals surface area contributed by atoms with E-state index < -0.39 is 5.25 Å². The number of thioether (sulfide) groups is 1. The number of halogens is 1. The van der Waals surface area contributed by atoms with Gasteiger partial charge in [-0.25, -0.2) is 0 Å².